The maximum Gasteiger partial charge on any atom is 0.267 e. The highest BCUT2D eigenvalue weighted by molar-refractivity contribution is 7.80. The standard InChI is InChI=1S/C13H18N2O2S/c1-9-13(16)15(6-7-18)11-8-10(4-5-14)2-3-12(11)17-9/h2-3,8-9,18H,4-7,14H2,1H3. The third-order valence-corrected chi connectivity index (χ3v) is 3.19. The van der Waals surface area contributed by atoms with Gasteiger partial charge in [0.2, 0.25) is 0 Å². The summed E-state index contributed by atoms with van der Waals surface area (Å²) >= 11 is 4.21. The zero-order valence-electron chi connectivity index (χ0n) is 10.4. The van der Waals surface area contributed by atoms with Crippen molar-refractivity contribution in [3.63, 3.8) is 0 Å². The van der Waals surface area contributed by atoms with Crippen LogP contribution in [0.1, 0.15) is 12.5 Å². The number of anilines is 1. The Morgan fingerprint density at radius 3 is 2.94 bits per heavy atom. The first-order chi connectivity index (χ1) is 8.67. The van der Waals surface area contributed by atoms with Gasteiger partial charge in [-0.25, -0.2) is 0 Å². The fraction of sp³-hybridized carbons (Fsp3) is 0.462. The van der Waals surface area contributed by atoms with Gasteiger partial charge in [0.05, 0.1) is 5.69 Å². The number of fused-ring (bicyclic) bond motifs is 1. The monoisotopic (exact) mass is 266 g/mol. The van der Waals surface area contributed by atoms with Crippen LogP contribution >= 0.6 is 12.6 Å². The molecule has 4 nitrogen and oxygen atoms in total. The van der Waals surface area contributed by atoms with Crippen LogP contribution in [-0.2, 0) is 11.2 Å². The molecule has 98 valence electrons. The van der Waals surface area contributed by atoms with Crippen LogP contribution in [0.2, 0.25) is 0 Å². The highest BCUT2D eigenvalue weighted by Crippen LogP contribution is 2.34. The van der Waals surface area contributed by atoms with Gasteiger partial charge in [0.25, 0.3) is 5.91 Å². The highest BCUT2D eigenvalue weighted by Gasteiger charge is 2.30. The molecule has 1 amide bonds. The number of hydrogen-bond donors (Lipinski definition) is 2. The van der Waals surface area contributed by atoms with E-state index in [9.17, 15) is 4.79 Å². The molecule has 1 aromatic rings. The highest BCUT2D eigenvalue weighted by atomic mass is 32.1. The van der Waals surface area contributed by atoms with E-state index in [1.54, 1.807) is 11.8 Å². The van der Waals surface area contributed by atoms with E-state index in [4.69, 9.17) is 10.5 Å². The van der Waals surface area contributed by atoms with E-state index in [0.717, 1.165) is 23.4 Å². The average Bonchev–Trinajstić information content (AvgIpc) is 2.36. The van der Waals surface area contributed by atoms with Gasteiger partial charge in [0.1, 0.15) is 5.75 Å². The van der Waals surface area contributed by atoms with Crippen LogP contribution in [0.4, 0.5) is 5.69 Å². The lowest BCUT2D eigenvalue weighted by atomic mass is 10.1. The largest absolute Gasteiger partial charge is 0.479 e. The SMILES string of the molecule is CC1Oc2ccc(CCN)cc2N(CCS)C1=O. The van der Waals surface area contributed by atoms with Crippen molar-refractivity contribution in [2.75, 3.05) is 23.7 Å². The molecular weight excluding hydrogens is 248 g/mol. The minimum absolute atomic E-state index is 0.0125. The Morgan fingerprint density at radius 1 is 1.50 bits per heavy atom. The Kier molecular flexibility index (Phi) is 4.14. The summed E-state index contributed by atoms with van der Waals surface area (Å²) in [4.78, 5) is 13.8. The number of rotatable bonds is 4. The predicted octanol–water partition coefficient (Wildman–Crippen LogP) is 1.23. The molecule has 0 saturated carbocycles. The molecule has 0 radical (unpaired) electrons. The lowest BCUT2D eigenvalue weighted by molar-refractivity contribution is -0.125. The maximum atomic E-state index is 12.1. The zero-order chi connectivity index (χ0) is 13.1. The van der Waals surface area contributed by atoms with Crippen molar-refractivity contribution in [1.82, 2.24) is 0 Å². The fourth-order valence-corrected chi connectivity index (χ4v) is 2.31. The smallest absolute Gasteiger partial charge is 0.267 e. The molecule has 1 aliphatic heterocycles. The van der Waals surface area contributed by atoms with Crippen molar-refractivity contribution in [2.24, 2.45) is 5.73 Å². The molecule has 0 aromatic heterocycles. The number of nitrogens with two attached hydrogens (primary N) is 1. The van der Waals surface area contributed by atoms with Gasteiger partial charge in [-0.3, -0.25) is 4.79 Å². The number of ether oxygens (including phenoxy) is 1. The van der Waals surface area contributed by atoms with Crippen LogP contribution < -0.4 is 15.4 Å². The summed E-state index contributed by atoms with van der Waals surface area (Å²) in [6.07, 6.45) is 0.365. The molecule has 1 aliphatic rings. The first kappa shape index (κ1) is 13.2. The van der Waals surface area contributed by atoms with Crippen molar-refractivity contribution in [2.45, 2.75) is 19.4 Å². The normalized spacial score (nSPS) is 18.5. The molecule has 2 rings (SSSR count). The Morgan fingerprint density at radius 2 is 2.28 bits per heavy atom. The molecule has 1 aromatic carbocycles. The second-order valence-corrected chi connectivity index (χ2v) is 4.76. The Balaban J connectivity index is 2.38. The van der Waals surface area contributed by atoms with Crippen molar-refractivity contribution in [1.29, 1.82) is 0 Å². The molecule has 0 aliphatic carbocycles. The van der Waals surface area contributed by atoms with E-state index >= 15 is 0 Å². The van der Waals surface area contributed by atoms with Gasteiger partial charge in [-0.15, -0.1) is 0 Å². The first-order valence-corrected chi connectivity index (χ1v) is 6.72. The summed E-state index contributed by atoms with van der Waals surface area (Å²) in [7, 11) is 0. The molecule has 0 spiro atoms. The first-order valence-electron chi connectivity index (χ1n) is 6.09. The van der Waals surface area contributed by atoms with Crippen molar-refractivity contribution in [3.8, 4) is 5.75 Å². The summed E-state index contributed by atoms with van der Waals surface area (Å²) in [6, 6.07) is 5.89. The third-order valence-electron chi connectivity index (χ3n) is 2.99. The Hall–Kier alpha value is -1.20. The van der Waals surface area contributed by atoms with E-state index < -0.39 is 6.10 Å². The van der Waals surface area contributed by atoms with Gasteiger partial charge in [0, 0.05) is 12.3 Å². The van der Waals surface area contributed by atoms with E-state index in [0.29, 0.717) is 18.8 Å². The minimum atomic E-state index is -0.433. The van der Waals surface area contributed by atoms with Crippen molar-refractivity contribution in [3.05, 3.63) is 23.8 Å². The molecule has 1 atom stereocenters. The zero-order valence-corrected chi connectivity index (χ0v) is 11.3. The van der Waals surface area contributed by atoms with Crippen LogP contribution in [0.5, 0.6) is 5.75 Å². The Bertz CT molecular complexity index is 451. The van der Waals surface area contributed by atoms with Gasteiger partial charge in [-0.05, 0) is 37.6 Å². The fourth-order valence-electron chi connectivity index (χ4n) is 2.11. The molecule has 0 bridgehead atoms. The van der Waals surface area contributed by atoms with E-state index in [1.165, 1.54) is 0 Å². The number of benzene rings is 1. The van der Waals surface area contributed by atoms with Crippen molar-refractivity contribution < 1.29 is 9.53 Å². The minimum Gasteiger partial charge on any atom is -0.479 e. The van der Waals surface area contributed by atoms with Gasteiger partial charge in [-0.2, -0.15) is 12.6 Å². The number of amides is 1. The van der Waals surface area contributed by atoms with Crippen LogP contribution in [0.15, 0.2) is 18.2 Å². The molecule has 0 fully saturated rings. The van der Waals surface area contributed by atoms with Crippen LogP contribution in [0.25, 0.3) is 0 Å². The predicted molar refractivity (Wildman–Crippen MR) is 75.5 cm³/mol. The topological polar surface area (TPSA) is 55.6 Å². The van der Waals surface area contributed by atoms with Crippen LogP contribution in [0, 0.1) is 0 Å². The summed E-state index contributed by atoms with van der Waals surface area (Å²) in [5.74, 6) is 1.37. The Labute approximate surface area is 113 Å². The number of thiol groups is 1. The van der Waals surface area contributed by atoms with E-state index in [2.05, 4.69) is 12.6 Å². The summed E-state index contributed by atoms with van der Waals surface area (Å²) in [6.45, 7) is 2.95. The average molecular weight is 266 g/mol. The molecule has 1 heterocycles. The quantitative estimate of drug-likeness (QED) is 0.806. The van der Waals surface area contributed by atoms with Gasteiger partial charge >= 0.3 is 0 Å². The molecule has 18 heavy (non-hydrogen) atoms. The van der Waals surface area contributed by atoms with Gasteiger partial charge in [-0.1, -0.05) is 6.07 Å². The second kappa shape index (κ2) is 5.63. The summed E-state index contributed by atoms with van der Waals surface area (Å²) in [5, 5.41) is 0. The summed E-state index contributed by atoms with van der Waals surface area (Å²) in [5.41, 5.74) is 7.50. The molecule has 2 N–H and O–H groups in total. The molecular formula is C13H18N2O2S. The maximum absolute atomic E-state index is 12.1. The molecule has 0 saturated heterocycles. The van der Waals surface area contributed by atoms with Gasteiger partial charge < -0.3 is 15.4 Å². The van der Waals surface area contributed by atoms with E-state index in [1.807, 2.05) is 18.2 Å². The second-order valence-electron chi connectivity index (χ2n) is 4.31. The number of nitrogens with zero attached hydrogens (tertiary/aromatic N) is 1. The molecule has 1 unspecified atom stereocenters. The third kappa shape index (κ3) is 2.47. The summed E-state index contributed by atoms with van der Waals surface area (Å²) < 4.78 is 5.61. The van der Waals surface area contributed by atoms with Gasteiger partial charge in [0.15, 0.2) is 6.10 Å². The lowest BCUT2D eigenvalue weighted by Crippen LogP contribution is -2.45. The van der Waals surface area contributed by atoms with Crippen LogP contribution in [-0.4, -0.2) is 30.9 Å². The van der Waals surface area contributed by atoms with E-state index in [-0.39, 0.29) is 5.91 Å². The lowest BCUT2D eigenvalue weighted by Gasteiger charge is -2.33. The van der Waals surface area contributed by atoms with Crippen molar-refractivity contribution >= 4 is 24.2 Å². The number of carbonyl (C=O) groups is 1. The molecule has 5 heteroatoms. The number of carbonyl (C=O) groups excluding carboxylic acids is 1. The van der Waals surface area contributed by atoms with Crippen LogP contribution in [0.3, 0.4) is 0 Å². The number of hydrogen-bond acceptors (Lipinski definition) is 4.